The fourth-order valence-electron chi connectivity index (χ4n) is 3.21. The Kier molecular flexibility index (Phi) is 5.50. The van der Waals surface area contributed by atoms with E-state index >= 15 is 0 Å². The van der Waals surface area contributed by atoms with Gasteiger partial charge in [0.15, 0.2) is 5.78 Å². The van der Waals surface area contributed by atoms with Crippen molar-refractivity contribution < 1.29 is 27.1 Å². The minimum atomic E-state index is -3.99. The molecule has 3 rings (SSSR count). The third-order valence-electron chi connectivity index (χ3n) is 4.68. The van der Waals surface area contributed by atoms with Crippen molar-refractivity contribution in [2.45, 2.75) is 24.2 Å². The summed E-state index contributed by atoms with van der Waals surface area (Å²) in [4.78, 5) is 24.4. The van der Waals surface area contributed by atoms with Crippen LogP contribution >= 0.6 is 0 Å². The van der Waals surface area contributed by atoms with Gasteiger partial charge in [0.05, 0.1) is 22.1 Å². The van der Waals surface area contributed by atoms with Crippen molar-refractivity contribution in [2.75, 3.05) is 13.6 Å². The first-order valence-electron chi connectivity index (χ1n) is 8.68. The summed E-state index contributed by atoms with van der Waals surface area (Å²) >= 11 is 0. The van der Waals surface area contributed by atoms with Gasteiger partial charge >= 0.3 is 5.97 Å². The van der Waals surface area contributed by atoms with Gasteiger partial charge in [0, 0.05) is 19.0 Å². The molecule has 1 aliphatic rings. The van der Waals surface area contributed by atoms with Gasteiger partial charge < -0.3 is 4.74 Å². The molecule has 1 atom stereocenters. The lowest BCUT2D eigenvalue weighted by atomic mass is 10.0. The van der Waals surface area contributed by atoms with Crippen LogP contribution in [-0.4, -0.2) is 38.1 Å². The van der Waals surface area contributed by atoms with Crippen LogP contribution in [0.3, 0.4) is 0 Å². The van der Waals surface area contributed by atoms with Crippen molar-refractivity contribution in [3.8, 4) is 11.8 Å². The number of ether oxygens (including phenoxy) is 1. The van der Waals surface area contributed by atoms with E-state index in [4.69, 9.17) is 10.00 Å². The summed E-state index contributed by atoms with van der Waals surface area (Å²) in [6.45, 7) is 1.09. The zero-order valence-electron chi connectivity index (χ0n) is 15.7. The van der Waals surface area contributed by atoms with Crippen LogP contribution in [0.5, 0.6) is 5.75 Å². The molecule has 1 unspecified atom stereocenters. The molecule has 0 spiro atoms. The van der Waals surface area contributed by atoms with Crippen LogP contribution in [-0.2, 0) is 14.8 Å². The van der Waals surface area contributed by atoms with E-state index in [1.807, 2.05) is 6.07 Å². The molecule has 1 aliphatic carbocycles. The minimum Gasteiger partial charge on any atom is -0.425 e. The van der Waals surface area contributed by atoms with Crippen molar-refractivity contribution in [3.05, 3.63) is 58.9 Å². The van der Waals surface area contributed by atoms with Gasteiger partial charge in [-0.05, 0) is 42.3 Å². The van der Waals surface area contributed by atoms with Gasteiger partial charge in [0.25, 0.3) is 0 Å². The molecule has 0 aliphatic heterocycles. The number of benzene rings is 2. The molecule has 150 valence electrons. The second-order valence-corrected chi connectivity index (χ2v) is 8.78. The number of fused-ring (bicyclic) bond motifs is 1. The lowest BCUT2D eigenvalue weighted by molar-refractivity contribution is -0.134. The van der Waals surface area contributed by atoms with Gasteiger partial charge in [-0.3, -0.25) is 9.59 Å². The number of rotatable bonds is 5. The average molecular weight is 416 g/mol. The molecule has 0 saturated carbocycles. The Labute approximate surface area is 167 Å². The number of nitrogens with zero attached hydrogens (tertiary/aromatic N) is 2. The minimum absolute atomic E-state index is 0.0310. The maximum atomic E-state index is 14.0. The molecular weight excluding hydrogens is 399 g/mol. The Morgan fingerprint density at radius 2 is 1.93 bits per heavy atom. The molecule has 0 bridgehead atoms. The Hall–Kier alpha value is -3.09. The summed E-state index contributed by atoms with van der Waals surface area (Å²) in [5.41, 5.74) is 0.539. The van der Waals surface area contributed by atoms with Crippen LogP contribution in [0.15, 0.2) is 41.3 Å². The predicted octanol–water partition coefficient (Wildman–Crippen LogP) is 2.61. The van der Waals surface area contributed by atoms with Crippen LogP contribution in [0.25, 0.3) is 0 Å². The zero-order chi connectivity index (χ0) is 21.3. The van der Waals surface area contributed by atoms with E-state index in [-0.39, 0.29) is 39.9 Å². The van der Waals surface area contributed by atoms with Gasteiger partial charge in [0.1, 0.15) is 18.1 Å². The average Bonchev–Trinajstić information content (AvgIpc) is 2.99. The Bertz CT molecular complexity index is 1140. The first kappa shape index (κ1) is 20.6. The predicted molar refractivity (Wildman–Crippen MR) is 100 cm³/mol. The lowest BCUT2D eigenvalue weighted by Crippen LogP contribution is -2.34. The van der Waals surface area contributed by atoms with E-state index in [0.29, 0.717) is 5.56 Å². The number of ketones is 1. The van der Waals surface area contributed by atoms with E-state index in [1.54, 1.807) is 6.92 Å². The Morgan fingerprint density at radius 3 is 2.55 bits per heavy atom. The number of carbonyl (C=O) groups excluding carboxylic acids is 2. The molecule has 0 saturated heterocycles. The second kappa shape index (κ2) is 7.73. The molecule has 0 radical (unpaired) electrons. The highest BCUT2D eigenvalue weighted by Gasteiger charge is 2.33. The Morgan fingerprint density at radius 1 is 1.28 bits per heavy atom. The standard InChI is InChI=1S/C20H17FN2O5S/c1-12-9-16(24)20-17(8-7-15(21)19(12)20)28-18(25)11-23(2)29(26,27)14-5-3-13(10-22)4-6-14/h3-8,12H,9,11H2,1-2H3. The van der Waals surface area contributed by atoms with E-state index in [1.165, 1.54) is 37.4 Å². The molecule has 0 heterocycles. The van der Waals surface area contributed by atoms with E-state index < -0.39 is 28.4 Å². The monoisotopic (exact) mass is 416 g/mol. The van der Waals surface area contributed by atoms with Crippen LogP contribution in [0.4, 0.5) is 4.39 Å². The Balaban J connectivity index is 1.78. The highest BCUT2D eigenvalue weighted by atomic mass is 32.2. The molecule has 0 fully saturated rings. The summed E-state index contributed by atoms with van der Waals surface area (Å²) in [5, 5.41) is 8.80. The number of sulfonamides is 1. The van der Waals surface area contributed by atoms with Crippen LogP contribution in [0.2, 0.25) is 0 Å². The normalized spacial score (nSPS) is 15.8. The maximum absolute atomic E-state index is 14.0. The van der Waals surface area contributed by atoms with Crippen LogP contribution < -0.4 is 4.74 Å². The topological polar surface area (TPSA) is 105 Å². The highest BCUT2D eigenvalue weighted by molar-refractivity contribution is 7.89. The quantitative estimate of drug-likeness (QED) is 0.548. The van der Waals surface area contributed by atoms with E-state index in [2.05, 4.69) is 0 Å². The third kappa shape index (κ3) is 3.90. The van der Waals surface area contributed by atoms with Gasteiger partial charge in [-0.2, -0.15) is 9.57 Å². The van der Waals surface area contributed by atoms with Gasteiger partial charge in [-0.15, -0.1) is 0 Å². The molecule has 0 amide bonds. The first-order valence-corrected chi connectivity index (χ1v) is 10.1. The third-order valence-corrected chi connectivity index (χ3v) is 6.50. The molecular formula is C20H17FN2O5S. The lowest BCUT2D eigenvalue weighted by Gasteiger charge is -2.17. The number of nitriles is 1. The molecule has 7 nitrogen and oxygen atoms in total. The number of carbonyl (C=O) groups is 2. The maximum Gasteiger partial charge on any atom is 0.326 e. The van der Waals surface area contributed by atoms with Crippen LogP contribution in [0.1, 0.15) is 40.7 Å². The van der Waals surface area contributed by atoms with Crippen molar-refractivity contribution in [2.24, 2.45) is 0 Å². The smallest absolute Gasteiger partial charge is 0.326 e. The number of hydrogen-bond donors (Lipinski definition) is 0. The van der Waals surface area contributed by atoms with E-state index in [0.717, 1.165) is 10.4 Å². The van der Waals surface area contributed by atoms with Crippen LogP contribution in [0, 0.1) is 17.1 Å². The van der Waals surface area contributed by atoms with Gasteiger partial charge in [-0.25, -0.2) is 12.8 Å². The number of Topliss-reactive ketones (excluding diaryl/α,β-unsaturated/α-hetero) is 1. The van der Waals surface area contributed by atoms with Crippen molar-refractivity contribution in [1.29, 1.82) is 5.26 Å². The molecule has 0 N–H and O–H groups in total. The van der Waals surface area contributed by atoms with Gasteiger partial charge in [0.2, 0.25) is 10.0 Å². The molecule has 29 heavy (non-hydrogen) atoms. The molecule has 2 aromatic carbocycles. The van der Waals surface area contributed by atoms with Crippen molar-refractivity contribution >= 4 is 21.8 Å². The molecule has 9 heteroatoms. The highest BCUT2D eigenvalue weighted by Crippen LogP contribution is 2.39. The fourth-order valence-corrected chi connectivity index (χ4v) is 4.33. The second-order valence-electron chi connectivity index (χ2n) is 6.73. The molecule has 0 aromatic heterocycles. The van der Waals surface area contributed by atoms with Crippen molar-refractivity contribution in [1.82, 2.24) is 4.31 Å². The molecule has 2 aromatic rings. The largest absolute Gasteiger partial charge is 0.425 e. The van der Waals surface area contributed by atoms with Gasteiger partial charge in [-0.1, -0.05) is 6.92 Å². The zero-order valence-corrected chi connectivity index (χ0v) is 16.5. The summed E-state index contributed by atoms with van der Waals surface area (Å²) in [6, 6.07) is 9.44. The summed E-state index contributed by atoms with van der Waals surface area (Å²) in [5.74, 6) is -2.18. The number of likely N-dealkylation sites (N-methyl/N-ethyl adjacent to an activating group) is 1. The number of hydrogen-bond acceptors (Lipinski definition) is 6. The van der Waals surface area contributed by atoms with E-state index in [9.17, 15) is 22.4 Å². The summed E-state index contributed by atoms with van der Waals surface area (Å²) in [7, 11) is -2.79. The SMILES string of the molecule is CC1CC(=O)c2c(OC(=O)CN(C)S(=O)(=O)c3ccc(C#N)cc3)ccc(F)c21. The number of halogens is 1. The fraction of sp³-hybridized carbons (Fsp3) is 0.250. The number of esters is 1. The first-order chi connectivity index (χ1) is 13.6. The summed E-state index contributed by atoms with van der Waals surface area (Å²) < 4.78 is 45.2. The van der Waals surface area contributed by atoms with Crippen molar-refractivity contribution in [3.63, 3.8) is 0 Å². The summed E-state index contributed by atoms with van der Waals surface area (Å²) in [6.07, 6.45) is 0.119.